The van der Waals surface area contributed by atoms with Crippen molar-refractivity contribution < 1.29 is 14.6 Å². The Labute approximate surface area is 121 Å². The topological polar surface area (TPSA) is 49.8 Å². The Morgan fingerprint density at radius 2 is 1.95 bits per heavy atom. The Hall–Kier alpha value is -1.39. The monoisotopic (exact) mass is 279 g/mol. The van der Waals surface area contributed by atoms with E-state index in [-0.39, 0.29) is 18.4 Å². The van der Waals surface area contributed by atoms with Crippen LogP contribution in [-0.4, -0.2) is 49.3 Å². The van der Waals surface area contributed by atoms with Crippen LogP contribution in [0.1, 0.15) is 18.1 Å². The molecule has 4 nitrogen and oxygen atoms in total. The minimum atomic E-state index is -0.638. The molecule has 0 aliphatic carbocycles. The molecule has 0 spiro atoms. The molecule has 20 heavy (non-hydrogen) atoms. The number of carbonyl (C=O) groups excluding carboxylic acids is 1. The molecule has 1 aromatic carbocycles. The summed E-state index contributed by atoms with van der Waals surface area (Å²) in [6.45, 7) is 4.50. The van der Waals surface area contributed by atoms with Crippen molar-refractivity contribution in [2.45, 2.75) is 26.4 Å². The Bertz CT molecular complexity index is 416. The summed E-state index contributed by atoms with van der Waals surface area (Å²) < 4.78 is 4.86. The smallest absolute Gasteiger partial charge is 0.225 e. The third-order valence-corrected chi connectivity index (χ3v) is 3.30. The molecule has 1 amide bonds. The lowest BCUT2D eigenvalue weighted by atomic mass is 9.99. The van der Waals surface area contributed by atoms with E-state index in [4.69, 9.17) is 4.74 Å². The third kappa shape index (κ3) is 5.31. The highest BCUT2D eigenvalue weighted by molar-refractivity contribution is 5.78. The minimum Gasteiger partial charge on any atom is -0.389 e. The van der Waals surface area contributed by atoms with Crippen LogP contribution in [0, 0.1) is 12.8 Å². The zero-order chi connectivity index (χ0) is 15.1. The van der Waals surface area contributed by atoms with E-state index < -0.39 is 6.10 Å². The van der Waals surface area contributed by atoms with E-state index in [0.717, 1.165) is 5.56 Å². The molecular formula is C16H25NO3. The average molecular weight is 279 g/mol. The summed E-state index contributed by atoms with van der Waals surface area (Å²) in [5.74, 6) is -0.0572. The number of methoxy groups -OCH3 is 1. The normalized spacial score (nSPS) is 13.8. The van der Waals surface area contributed by atoms with E-state index in [0.29, 0.717) is 13.0 Å². The summed E-state index contributed by atoms with van der Waals surface area (Å²) in [6, 6.07) is 8.22. The number of benzene rings is 1. The fraction of sp³-hybridized carbons (Fsp3) is 0.562. The number of hydrogen-bond donors (Lipinski definition) is 1. The maximum absolute atomic E-state index is 12.2. The summed E-state index contributed by atoms with van der Waals surface area (Å²) in [5, 5.41) is 9.65. The molecular weight excluding hydrogens is 254 g/mol. The van der Waals surface area contributed by atoms with Gasteiger partial charge in [0.2, 0.25) is 5.91 Å². The fourth-order valence-corrected chi connectivity index (χ4v) is 2.19. The lowest BCUT2D eigenvalue weighted by Gasteiger charge is -2.23. The van der Waals surface area contributed by atoms with Crippen LogP contribution in [0.2, 0.25) is 0 Å². The van der Waals surface area contributed by atoms with Gasteiger partial charge in [0.15, 0.2) is 0 Å². The van der Waals surface area contributed by atoms with Crippen LogP contribution in [-0.2, 0) is 16.0 Å². The number of aliphatic hydroxyl groups is 1. The van der Waals surface area contributed by atoms with Gasteiger partial charge in [-0.3, -0.25) is 4.79 Å². The summed E-state index contributed by atoms with van der Waals surface area (Å²) in [5.41, 5.74) is 2.37. The van der Waals surface area contributed by atoms with Crippen molar-refractivity contribution >= 4 is 5.91 Å². The number of aryl methyl sites for hydroxylation is 1. The SMILES string of the molecule is COCC(O)CN(C)C(=O)C(C)Cc1ccc(C)cc1. The minimum absolute atomic E-state index is 0.0423. The predicted octanol–water partition coefficient (Wildman–Crippen LogP) is 1.64. The van der Waals surface area contributed by atoms with E-state index in [1.54, 1.807) is 11.9 Å². The highest BCUT2D eigenvalue weighted by Gasteiger charge is 2.19. The quantitative estimate of drug-likeness (QED) is 0.825. The number of aliphatic hydroxyl groups excluding tert-OH is 1. The largest absolute Gasteiger partial charge is 0.389 e. The molecule has 0 radical (unpaired) electrons. The Balaban J connectivity index is 2.51. The Morgan fingerprint density at radius 3 is 2.50 bits per heavy atom. The van der Waals surface area contributed by atoms with Gasteiger partial charge in [-0.15, -0.1) is 0 Å². The summed E-state index contributed by atoms with van der Waals surface area (Å²) in [4.78, 5) is 13.8. The molecule has 0 aliphatic heterocycles. The highest BCUT2D eigenvalue weighted by atomic mass is 16.5. The van der Waals surface area contributed by atoms with Crippen LogP contribution in [0.15, 0.2) is 24.3 Å². The Morgan fingerprint density at radius 1 is 1.35 bits per heavy atom. The van der Waals surface area contributed by atoms with Gasteiger partial charge in [0.25, 0.3) is 0 Å². The molecule has 0 aromatic heterocycles. The molecule has 0 aliphatic rings. The first-order valence-corrected chi connectivity index (χ1v) is 6.91. The van der Waals surface area contributed by atoms with Gasteiger partial charge in [-0.05, 0) is 18.9 Å². The number of hydrogen-bond acceptors (Lipinski definition) is 3. The van der Waals surface area contributed by atoms with Crippen LogP contribution in [0.4, 0.5) is 0 Å². The molecule has 0 bridgehead atoms. The van der Waals surface area contributed by atoms with Crippen molar-refractivity contribution in [3.8, 4) is 0 Å². The van der Waals surface area contributed by atoms with Crippen molar-refractivity contribution in [3.05, 3.63) is 35.4 Å². The van der Waals surface area contributed by atoms with Gasteiger partial charge >= 0.3 is 0 Å². The summed E-state index contributed by atoms with van der Waals surface area (Å²) in [6.07, 6.45) is 0.0737. The number of likely N-dealkylation sites (N-methyl/N-ethyl adjacent to an activating group) is 1. The van der Waals surface area contributed by atoms with E-state index in [9.17, 15) is 9.90 Å². The maximum Gasteiger partial charge on any atom is 0.225 e. The summed E-state index contributed by atoms with van der Waals surface area (Å²) >= 11 is 0. The van der Waals surface area contributed by atoms with Crippen LogP contribution < -0.4 is 0 Å². The lowest BCUT2D eigenvalue weighted by Crippen LogP contribution is -2.39. The third-order valence-electron chi connectivity index (χ3n) is 3.30. The average Bonchev–Trinajstić information content (AvgIpc) is 2.40. The number of amides is 1. The van der Waals surface area contributed by atoms with Gasteiger partial charge in [-0.2, -0.15) is 0 Å². The molecule has 1 rings (SSSR count). The number of ether oxygens (including phenoxy) is 1. The molecule has 1 aromatic rings. The van der Waals surface area contributed by atoms with E-state index >= 15 is 0 Å². The standard InChI is InChI=1S/C16H25NO3/c1-12-5-7-14(8-6-12)9-13(2)16(19)17(3)10-15(18)11-20-4/h5-8,13,15,18H,9-11H2,1-4H3. The van der Waals surface area contributed by atoms with E-state index in [2.05, 4.69) is 24.3 Å². The first-order chi connectivity index (χ1) is 9.43. The second kappa shape index (κ2) is 8.02. The van der Waals surface area contributed by atoms with E-state index in [1.165, 1.54) is 12.7 Å². The number of carbonyl (C=O) groups is 1. The van der Waals surface area contributed by atoms with E-state index in [1.807, 2.05) is 13.8 Å². The van der Waals surface area contributed by atoms with Crippen molar-refractivity contribution in [3.63, 3.8) is 0 Å². The number of nitrogens with zero attached hydrogens (tertiary/aromatic N) is 1. The molecule has 4 heteroatoms. The highest BCUT2D eigenvalue weighted by Crippen LogP contribution is 2.12. The summed E-state index contributed by atoms with van der Waals surface area (Å²) in [7, 11) is 3.25. The van der Waals surface area contributed by atoms with Gasteiger partial charge in [0, 0.05) is 26.6 Å². The first-order valence-electron chi connectivity index (χ1n) is 6.91. The second-order valence-corrected chi connectivity index (χ2v) is 5.42. The van der Waals surface area contributed by atoms with Crippen LogP contribution >= 0.6 is 0 Å². The first kappa shape index (κ1) is 16.7. The van der Waals surface area contributed by atoms with Gasteiger partial charge in [-0.25, -0.2) is 0 Å². The van der Waals surface area contributed by atoms with Crippen molar-refractivity contribution in [1.82, 2.24) is 4.90 Å². The number of rotatable bonds is 7. The van der Waals surface area contributed by atoms with Crippen LogP contribution in [0.5, 0.6) is 0 Å². The molecule has 1 N–H and O–H groups in total. The molecule has 2 unspecified atom stereocenters. The molecule has 0 fully saturated rings. The molecule has 2 atom stereocenters. The van der Waals surface area contributed by atoms with Gasteiger partial charge in [-0.1, -0.05) is 36.8 Å². The van der Waals surface area contributed by atoms with Crippen LogP contribution in [0.3, 0.4) is 0 Å². The maximum atomic E-state index is 12.2. The van der Waals surface area contributed by atoms with Crippen LogP contribution in [0.25, 0.3) is 0 Å². The second-order valence-electron chi connectivity index (χ2n) is 5.42. The fourth-order valence-electron chi connectivity index (χ4n) is 2.19. The van der Waals surface area contributed by atoms with Crippen molar-refractivity contribution in [1.29, 1.82) is 0 Å². The zero-order valence-electron chi connectivity index (χ0n) is 12.8. The predicted molar refractivity (Wildman–Crippen MR) is 79.6 cm³/mol. The molecule has 0 saturated carbocycles. The Kier molecular flexibility index (Phi) is 6.68. The molecule has 0 saturated heterocycles. The van der Waals surface area contributed by atoms with Gasteiger partial charge < -0.3 is 14.7 Å². The van der Waals surface area contributed by atoms with Crippen molar-refractivity contribution in [2.24, 2.45) is 5.92 Å². The van der Waals surface area contributed by atoms with Crippen molar-refractivity contribution in [2.75, 3.05) is 27.3 Å². The van der Waals surface area contributed by atoms with Gasteiger partial charge in [0.1, 0.15) is 0 Å². The molecule has 0 heterocycles. The zero-order valence-corrected chi connectivity index (χ0v) is 12.8. The van der Waals surface area contributed by atoms with Gasteiger partial charge in [0.05, 0.1) is 12.7 Å². The lowest BCUT2D eigenvalue weighted by molar-refractivity contribution is -0.135. The molecule has 112 valence electrons.